The third-order valence-electron chi connectivity index (χ3n) is 3.21. The molecule has 0 spiro atoms. The van der Waals surface area contributed by atoms with Crippen molar-refractivity contribution in [2.75, 3.05) is 13.1 Å². The van der Waals surface area contributed by atoms with Crippen LogP contribution in [0.3, 0.4) is 0 Å². The third kappa shape index (κ3) is 2.41. The van der Waals surface area contributed by atoms with Crippen molar-refractivity contribution >= 4 is 0 Å². The lowest BCUT2D eigenvalue weighted by molar-refractivity contribution is 0.248. The molecule has 0 aliphatic carbocycles. The summed E-state index contributed by atoms with van der Waals surface area (Å²) >= 11 is 0. The standard InChI is InChI=1S/C13H17N3/c14-7-12-6-13(8-15)16(10-12)9-11-4-2-1-3-5-11/h1-5,12-13H,6,8-10,15H2/t12-,13+/m1/s1. The van der Waals surface area contributed by atoms with Gasteiger partial charge in [-0.3, -0.25) is 4.90 Å². The Hall–Kier alpha value is -1.37. The van der Waals surface area contributed by atoms with Crippen molar-refractivity contribution in [3.8, 4) is 6.07 Å². The number of nitrogens with zero attached hydrogens (tertiary/aromatic N) is 2. The lowest BCUT2D eigenvalue weighted by Crippen LogP contribution is -2.34. The Balaban J connectivity index is 2.02. The Morgan fingerprint density at radius 1 is 1.38 bits per heavy atom. The zero-order valence-corrected chi connectivity index (χ0v) is 9.34. The second-order valence-corrected chi connectivity index (χ2v) is 4.37. The van der Waals surface area contributed by atoms with E-state index in [0.717, 1.165) is 19.5 Å². The lowest BCUT2D eigenvalue weighted by atomic mass is 10.1. The molecule has 3 heteroatoms. The van der Waals surface area contributed by atoms with Gasteiger partial charge in [0.05, 0.1) is 12.0 Å². The second-order valence-electron chi connectivity index (χ2n) is 4.37. The fourth-order valence-electron chi connectivity index (χ4n) is 2.33. The number of nitrogens with two attached hydrogens (primary N) is 1. The van der Waals surface area contributed by atoms with E-state index in [1.165, 1.54) is 5.56 Å². The van der Waals surface area contributed by atoms with Crippen LogP contribution in [0, 0.1) is 17.2 Å². The zero-order valence-electron chi connectivity index (χ0n) is 9.34. The average Bonchev–Trinajstić information content (AvgIpc) is 2.73. The number of hydrogen-bond acceptors (Lipinski definition) is 3. The van der Waals surface area contributed by atoms with E-state index in [1.54, 1.807) is 0 Å². The van der Waals surface area contributed by atoms with Gasteiger partial charge in [-0.25, -0.2) is 0 Å². The van der Waals surface area contributed by atoms with Gasteiger partial charge < -0.3 is 5.73 Å². The summed E-state index contributed by atoms with van der Waals surface area (Å²) in [7, 11) is 0. The fraction of sp³-hybridized carbons (Fsp3) is 0.462. The molecule has 1 heterocycles. The Morgan fingerprint density at radius 2 is 2.12 bits per heavy atom. The van der Waals surface area contributed by atoms with Gasteiger partial charge in [-0.15, -0.1) is 0 Å². The number of likely N-dealkylation sites (tertiary alicyclic amines) is 1. The van der Waals surface area contributed by atoms with Gasteiger partial charge in [0.25, 0.3) is 0 Å². The summed E-state index contributed by atoms with van der Waals surface area (Å²) < 4.78 is 0. The first-order valence-corrected chi connectivity index (χ1v) is 5.71. The molecular weight excluding hydrogens is 198 g/mol. The Morgan fingerprint density at radius 3 is 2.75 bits per heavy atom. The molecule has 1 saturated heterocycles. The summed E-state index contributed by atoms with van der Waals surface area (Å²) in [6, 6.07) is 13.1. The molecule has 1 aromatic rings. The first kappa shape index (κ1) is 11.1. The number of hydrogen-bond donors (Lipinski definition) is 1. The van der Waals surface area contributed by atoms with Crippen LogP contribution >= 0.6 is 0 Å². The van der Waals surface area contributed by atoms with Crippen LogP contribution in [0.4, 0.5) is 0 Å². The Labute approximate surface area is 96.5 Å². The summed E-state index contributed by atoms with van der Waals surface area (Å²) in [4.78, 5) is 2.32. The third-order valence-corrected chi connectivity index (χ3v) is 3.21. The first-order chi connectivity index (χ1) is 7.83. The molecular formula is C13H17N3. The molecule has 0 saturated carbocycles. The maximum Gasteiger partial charge on any atom is 0.0669 e. The molecule has 1 aliphatic rings. The highest BCUT2D eigenvalue weighted by molar-refractivity contribution is 5.15. The van der Waals surface area contributed by atoms with Crippen LogP contribution in [0.25, 0.3) is 0 Å². The maximum atomic E-state index is 8.95. The van der Waals surface area contributed by atoms with Crippen molar-refractivity contribution < 1.29 is 0 Å². The van der Waals surface area contributed by atoms with Crippen molar-refractivity contribution in [1.82, 2.24) is 4.90 Å². The molecule has 1 fully saturated rings. The highest BCUT2D eigenvalue weighted by Gasteiger charge is 2.30. The summed E-state index contributed by atoms with van der Waals surface area (Å²) in [5, 5.41) is 8.95. The largest absolute Gasteiger partial charge is 0.329 e. The maximum absolute atomic E-state index is 8.95. The van der Waals surface area contributed by atoms with E-state index >= 15 is 0 Å². The van der Waals surface area contributed by atoms with Crippen molar-refractivity contribution in [3.63, 3.8) is 0 Å². The van der Waals surface area contributed by atoms with Crippen LogP contribution in [0.5, 0.6) is 0 Å². The van der Waals surface area contributed by atoms with Gasteiger partial charge in [0.15, 0.2) is 0 Å². The van der Waals surface area contributed by atoms with Crippen molar-refractivity contribution in [1.29, 1.82) is 5.26 Å². The van der Waals surface area contributed by atoms with Gasteiger partial charge in [0, 0.05) is 25.7 Å². The highest BCUT2D eigenvalue weighted by Crippen LogP contribution is 2.23. The SMILES string of the molecule is N#C[C@H]1C[C@@H](CN)N(Cc2ccccc2)C1. The lowest BCUT2D eigenvalue weighted by Gasteiger charge is -2.22. The minimum absolute atomic E-state index is 0.150. The van der Waals surface area contributed by atoms with E-state index in [4.69, 9.17) is 11.0 Å². The normalized spacial score (nSPS) is 25.5. The topological polar surface area (TPSA) is 53.1 Å². The van der Waals surface area contributed by atoms with Gasteiger partial charge in [-0.2, -0.15) is 5.26 Å². The Kier molecular flexibility index (Phi) is 3.55. The average molecular weight is 215 g/mol. The second kappa shape index (κ2) is 5.11. The molecule has 0 radical (unpaired) electrons. The summed E-state index contributed by atoms with van der Waals surface area (Å²) in [5.74, 6) is 0.150. The van der Waals surface area contributed by atoms with E-state index in [-0.39, 0.29) is 5.92 Å². The van der Waals surface area contributed by atoms with Crippen molar-refractivity contribution in [2.24, 2.45) is 11.7 Å². The Bertz CT molecular complexity index is 369. The van der Waals surface area contributed by atoms with Crippen LogP contribution in [-0.4, -0.2) is 24.0 Å². The minimum atomic E-state index is 0.150. The molecule has 0 aromatic heterocycles. The quantitative estimate of drug-likeness (QED) is 0.828. The van der Waals surface area contributed by atoms with Crippen LogP contribution in [-0.2, 0) is 6.54 Å². The van der Waals surface area contributed by atoms with Gasteiger partial charge in [-0.05, 0) is 12.0 Å². The van der Waals surface area contributed by atoms with Crippen LogP contribution in [0.15, 0.2) is 30.3 Å². The van der Waals surface area contributed by atoms with E-state index in [9.17, 15) is 0 Å². The number of benzene rings is 1. The van der Waals surface area contributed by atoms with Gasteiger partial charge in [0.2, 0.25) is 0 Å². The monoisotopic (exact) mass is 215 g/mol. The van der Waals surface area contributed by atoms with Crippen LogP contribution in [0.1, 0.15) is 12.0 Å². The molecule has 0 amide bonds. The number of nitriles is 1. The minimum Gasteiger partial charge on any atom is -0.329 e. The fourth-order valence-corrected chi connectivity index (χ4v) is 2.33. The molecule has 2 atom stereocenters. The van der Waals surface area contributed by atoms with E-state index < -0.39 is 0 Å². The molecule has 1 aromatic carbocycles. The highest BCUT2D eigenvalue weighted by atomic mass is 15.2. The molecule has 2 N–H and O–H groups in total. The van der Waals surface area contributed by atoms with Gasteiger partial charge in [0.1, 0.15) is 0 Å². The van der Waals surface area contributed by atoms with Crippen molar-refractivity contribution in [3.05, 3.63) is 35.9 Å². The first-order valence-electron chi connectivity index (χ1n) is 5.71. The zero-order chi connectivity index (χ0) is 11.4. The van der Waals surface area contributed by atoms with Gasteiger partial charge >= 0.3 is 0 Å². The predicted octanol–water partition coefficient (Wildman–Crippen LogP) is 1.36. The molecule has 84 valence electrons. The number of rotatable bonds is 3. The van der Waals surface area contributed by atoms with Crippen LogP contribution in [0.2, 0.25) is 0 Å². The van der Waals surface area contributed by atoms with Gasteiger partial charge in [-0.1, -0.05) is 30.3 Å². The molecule has 0 unspecified atom stereocenters. The molecule has 1 aliphatic heterocycles. The van der Waals surface area contributed by atoms with Crippen molar-refractivity contribution in [2.45, 2.75) is 19.0 Å². The smallest absolute Gasteiger partial charge is 0.0669 e. The van der Waals surface area contributed by atoms with E-state index in [0.29, 0.717) is 12.6 Å². The van der Waals surface area contributed by atoms with E-state index in [1.807, 2.05) is 18.2 Å². The summed E-state index contributed by atoms with van der Waals surface area (Å²) in [5.41, 5.74) is 7.03. The van der Waals surface area contributed by atoms with E-state index in [2.05, 4.69) is 23.1 Å². The molecule has 16 heavy (non-hydrogen) atoms. The predicted molar refractivity (Wildman–Crippen MR) is 63.4 cm³/mol. The molecule has 0 bridgehead atoms. The summed E-state index contributed by atoms with van der Waals surface area (Å²) in [6.07, 6.45) is 0.917. The molecule has 2 rings (SSSR count). The molecule has 3 nitrogen and oxygen atoms in total. The van der Waals surface area contributed by atoms with Crippen LogP contribution < -0.4 is 5.73 Å². The summed E-state index contributed by atoms with van der Waals surface area (Å²) in [6.45, 7) is 2.40.